The SMILES string of the molecule is NNC(=O)c1noc(-c2ccc(F)cc2)n1. The molecule has 1 amide bonds. The van der Waals surface area contributed by atoms with Crippen molar-refractivity contribution in [2.24, 2.45) is 5.84 Å². The van der Waals surface area contributed by atoms with Gasteiger partial charge in [0.2, 0.25) is 0 Å². The smallest absolute Gasteiger partial charge is 0.306 e. The van der Waals surface area contributed by atoms with Gasteiger partial charge in [0, 0.05) is 5.56 Å². The lowest BCUT2D eigenvalue weighted by atomic mass is 10.2. The van der Waals surface area contributed by atoms with Crippen molar-refractivity contribution in [2.45, 2.75) is 0 Å². The molecular weight excluding hydrogens is 215 g/mol. The maximum absolute atomic E-state index is 12.6. The van der Waals surface area contributed by atoms with Crippen molar-refractivity contribution < 1.29 is 13.7 Å². The molecule has 2 rings (SSSR count). The molecule has 0 aliphatic carbocycles. The minimum absolute atomic E-state index is 0.124. The molecule has 0 spiro atoms. The molecular formula is C9H7FN4O2. The number of halogens is 1. The monoisotopic (exact) mass is 222 g/mol. The first-order chi connectivity index (χ1) is 7.70. The Morgan fingerprint density at radius 1 is 1.38 bits per heavy atom. The third kappa shape index (κ3) is 1.89. The summed E-state index contributed by atoms with van der Waals surface area (Å²) in [5, 5.41) is 3.41. The molecule has 16 heavy (non-hydrogen) atoms. The van der Waals surface area contributed by atoms with Crippen LogP contribution in [0.3, 0.4) is 0 Å². The third-order valence-corrected chi connectivity index (χ3v) is 1.85. The number of aromatic nitrogens is 2. The fraction of sp³-hybridized carbons (Fsp3) is 0. The molecule has 0 aliphatic heterocycles. The number of rotatable bonds is 2. The zero-order valence-corrected chi connectivity index (χ0v) is 7.98. The molecule has 0 saturated heterocycles. The number of nitrogens with one attached hydrogen (secondary N) is 1. The van der Waals surface area contributed by atoms with Crippen LogP contribution in [0.5, 0.6) is 0 Å². The number of benzene rings is 1. The van der Waals surface area contributed by atoms with E-state index in [0.29, 0.717) is 5.56 Å². The summed E-state index contributed by atoms with van der Waals surface area (Å²) in [5.74, 6) is 3.82. The second-order valence-electron chi connectivity index (χ2n) is 2.90. The highest BCUT2D eigenvalue weighted by atomic mass is 19.1. The number of hydrogen-bond donors (Lipinski definition) is 2. The van der Waals surface area contributed by atoms with Crippen molar-refractivity contribution in [2.75, 3.05) is 0 Å². The van der Waals surface area contributed by atoms with Crippen LogP contribution in [0.15, 0.2) is 28.8 Å². The fourth-order valence-corrected chi connectivity index (χ4v) is 1.09. The summed E-state index contributed by atoms with van der Waals surface area (Å²) >= 11 is 0. The highest BCUT2D eigenvalue weighted by Crippen LogP contribution is 2.16. The predicted octanol–water partition coefficient (Wildman–Crippen LogP) is 0.479. The Kier molecular flexibility index (Phi) is 2.61. The quantitative estimate of drug-likeness (QED) is 0.438. The van der Waals surface area contributed by atoms with Crippen LogP contribution in [-0.2, 0) is 0 Å². The number of nitrogens with two attached hydrogens (primary N) is 1. The number of hydrogen-bond acceptors (Lipinski definition) is 5. The van der Waals surface area contributed by atoms with Gasteiger partial charge >= 0.3 is 5.91 Å². The minimum atomic E-state index is -0.655. The van der Waals surface area contributed by atoms with Crippen molar-refractivity contribution in [3.05, 3.63) is 35.9 Å². The Balaban J connectivity index is 2.31. The van der Waals surface area contributed by atoms with E-state index in [-0.39, 0.29) is 17.5 Å². The largest absolute Gasteiger partial charge is 0.333 e. The van der Waals surface area contributed by atoms with Gasteiger partial charge in [0.05, 0.1) is 0 Å². The number of nitrogens with zero attached hydrogens (tertiary/aromatic N) is 2. The van der Waals surface area contributed by atoms with Crippen molar-refractivity contribution in [3.8, 4) is 11.5 Å². The molecule has 0 fully saturated rings. The van der Waals surface area contributed by atoms with Gasteiger partial charge in [-0.3, -0.25) is 10.2 Å². The highest BCUT2D eigenvalue weighted by Gasteiger charge is 2.14. The van der Waals surface area contributed by atoms with Crippen LogP contribution in [0.1, 0.15) is 10.6 Å². The van der Waals surface area contributed by atoms with Gasteiger partial charge < -0.3 is 4.52 Å². The molecule has 1 heterocycles. The van der Waals surface area contributed by atoms with Gasteiger partial charge in [0.1, 0.15) is 5.82 Å². The summed E-state index contributed by atoms with van der Waals surface area (Å²) in [6.07, 6.45) is 0. The molecule has 0 saturated carbocycles. The summed E-state index contributed by atoms with van der Waals surface area (Å²) in [4.78, 5) is 14.8. The van der Waals surface area contributed by atoms with E-state index in [4.69, 9.17) is 10.4 Å². The van der Waals surface area contributed by atoms with Crippen molar-refractivity contribution >= 4 is 5.91 Å². The standard InChI is InChI=1S/C9H7FN4O2/c10-6-3-1-5(2-4-6)9-12-7(14-16-9)8(15)13-11/h1-4H,11H2,(H,13,15). The molecule has 6 nitrogen and oxygen atoms in total. The van der Waals surface area contributed by atoms with E-state index in [0.717, 1.165) is 0 Å². The topological polar surface area (TPSA) is 94.0 Å². The molecule has 82 valence electrons. The van der Waals surface area contributed by atoms with Crippen LogP contribution in [-0.4, -0.2) is 16.0 Å². The zero-order valence-electron chi connectivity index (χ0n) is 7.98. The van der Waals surface area contributed by atoms with E-state index in [2.05, 4.69) is 10.1 Å². The average molecular weight is 222 g/mol. The summed E-state index contributed by atoms with van der Waals surface area (Å²) in [5.41, 5.74) is 2.39. The number of carbonyl (C=O) groups is 1. The van der Waals surface area contributed by atoms with Gasteiger partial charge in [-0.25, -0.2) is 10.2 Å². The molecule has 0 unspecified atom stereocenters. The van der Waals surface area contributed by atoms with Crippen molar-refractivity contribution in [3.63, 3.8) is 0 Å². The van der Waals surface area contributed by atoms with Gasteiger partial charge in [-0.15, -0.1) is 0 Å². The van der Waals surface area contributed by atoms with Gasteiger partial charge in [0.25, 0.3) is 11.7 Å². The normalized spacial score (nSPS) is 10.1. The van der Waals surface area contributed by atoms with Crippen molar-refractivity contribution in [1.82, 2.24) is 15.6 Å². The lowest BCUT2D eigenvalue weighted by molar-refractivity contribution is 0.0940. The average Bonchev–Trinajstić information content (AvgIpc) is 2.78. The number of amides is 1. The molecule has 2 aromatic rings. The van der Waals surface area contributed by atoms with E-state index < -0.39 is 5.91 Å². The summed E-state index contributed by atoms with van der Waals surface area (Å²) in [6, 6.07) is 5.43. The van der Waals surface area contributed by atoms with Crippen LogP contribution in [0.25, 0.3) is 11.5 Å². The van der Waals surface area contributed by atoms with Gasteiger partial charge in [-0.1, -0.05) is 5.16 Å². The molecule has 0 atom stereocenters. The van der Waals surface area contributed by atoms with E-state index in [1.807, 2.05) is 5.43 Å². The Labute approximate surface area is 89.2 Å². The van der Waals surface area contributed by atoms with E-state index in [1.54, 1.807) is 0 Å². The number of hydrazine groups is 1. The molecule has 1 aromatic carbocycles. The maximum atomic E-state index is 12.6. The van der Waals surface area contributed by atoms with Gasteiger partial charge in [0.15, 0.2) is 0 Å². The van der Waals surface area contributed by atoms with E-state index in [9.17, 15) is 9.18 Å². The molecule has 0 radical (unpaired) electrons. The second-order valence-corrected chi connectivity index (χ2v) is 2.90. The molecule has 3 N–H and O–H groups in total. The summed E-state index contributed by atoms with van der Waals surface area (Å²) < 4.78 is 17.5. The lowest BCUT2D eigenvalue weighted by Crippen LogP contribution is -2.30. The zero-order chi connectivity index (χ0) is 11.5. The second kappa shape index (κ2) is 4.07. The molecule has 0 bridgehead atoms. The van der Waals surface area contributed by atoms with Gasteiger partial charge in [-0.2, -0.15) is 4.98 Å². The van der Waals surface area contributed by atoms with Crippen LogP contribution in [0.2, 0.25) is 0 Å². The van der Waals surface area contributed by atoms with Gasteiger partial charge in [-0.05, 0) is 24.3 Å². The molecule has 7 heteroatoms. The van der Waals surface area contributed by atoms with Crippen LogP contribution >= 0.6 is 0 Å². The maximum Gasteiger partial charge on any atom is 0.306 e. The Bertz CT molecular complexity index is 508. The summed E-state index contributed by atoms with van der Waals surface area (Å²) in [7, 11) is 0. The molecule has 0 aliphatic rings. The first-order valence-corrected chi connectivity index (χ1v) is 4.31. The van der Waals surface area contributed by atoms with E-state index >= 15 is 0 Å². The van der Waals surface area contributed by atoms with Crippen LogP contribution < -0.4 is 11.3 Å². The lowest BCUT2D eigenvalue weighted by Gasteiger charge is -1.92. The Hall–Kier alpha value is -2.28. The number of nitrogen functional groups attached to an aromatic ring is 1. The van der Waals surface area contributed by atoms with Crippen LogP contribution in [0.4, 0.5) is 4.39 Å². The fourth-order valence-electron chi connectivity index (χ4n) is 1.09. The third-order valence-electron chi connectivity index (χ3n) is 1.85. The number of carbonyl (C=O) groups excluding carboxylic acids is 1. The Morgan fingerprint density at radius 2 is 2.06 bits per heavy atom. The van der Waals surface area contributed by atoms with Crippen molar-refractivity contribution in [1.29, 1.82) is 0 Å². The molecule has 1 aromatic heterocycles. The van der Waals surface area contributed by atoms with E-state index in [1.165, 1.54) is 24.3 Å². The van der Waals surface area contributed by atoms with Crippen LogP contribution in [0, 0.1) is 5.82 Å². The highest BCUT2D eigenvalue weighted by molar-refractivity contribution is 5.90. The first kappa shape index (κ1) is 10.2. The minimum Gasteiger partial charge on any atom is -0.333 e. The summed E-state index contributed by atoms with van der Waals surface area (Å²) in [6.45, 7) is 0. The predicted molar refractivity (Wildman–Crippen MR) is 51.3 cm³/mol. The Morgan fingerprint density at radius 3 is 2.69 bits per heavy atom. The first-order valence-electron chi connectivity index (χ1n) is 4.31.